The van der Waals surface area contributed by atoms with Gasteiger partial charge in [-0.25, -0.2) is 14.1 Å². The molecule has 1 N–H and O–H groups in total. The van der Waals surface area contributed by atoms with Gasteiger partial charge in [-0.3, -0.25) is 4.79 Å². The highest BCUT2D eigenvalue weighted by molar-refractivity contribution is 5.68. The molecule has 0 atom stereocenters. The van der Waals surface area contributed by atoms with Crippen molar-refractivity contribution in [3.05, 3.63) is 12.2 Å². The summed E-state index contributed by atoms with van der Waals surface area (Å²) in [5, 5.41) is 12.3. The first-order valence-electron chi connectivity index (χ1n) is 4.16. The Hall–Kier alpha value is -1.46. The Morgan fingerprint density at radius 1 is 1.71 bits per heavy atom. The summed E-state index contributed by atoms with van der Waals surface area (Å²) < 4.78 is 14.5. The number of carboxylic acid groups (broad SMARTS) is 1. The molecule has 5 nitrogen and oxygen atoms in total. The zero-order valence-electron chi connectivity index (χ0n) is 8.07. The van der Waals surface area contributed by atoms with Crippen LogP contribution >= 0.6 is 0 Å². The third-order valence-corrected chi connectivity index (χ3v) is 1.53. The minimum absolute atomic E-state index is 0.00954. The number of aliphatic carboxylic acids is 1. The summed E-state index contributed by atoms with van der Waals surface area (Å²) in [6, 6.07) is 0. The lowest BCUT2D eigenvalue weighted by atomic mass is 10.2. The van der Waals surface area contributed by atoms with Crippen LogP contribution in [0.15, 0.2) is 6.33 Å². The molecule has 0 amide bonds. The Balaban J connectivity index is 2.77. The van der Waals surface area contributed by atoms with E-state index in [2.05, 4.69) is 10.1 Å². The number of carbonyl (C=O) groups is 1. The topological polar surface area (TPSA) is 68.0 Å². The zero-order chi connectivity index (χ0) is 10.8. The predicted octanol–water partition coefficient (Wildman–Crippen LogP) is 0.653. The first-order valence-corrected chi connectivity index (χ1v) is 4.16. The highest BCUT2D eigenvalue weighted by Crippen LogP contribution is 2.11. The number of carboxylic acids is 1. The molecule has 78 valence electrons. The van der Waals surface area contributed by atoms with Crippen molar-refractivity contribution < 1.29 is 14.3 Å². The van der Waals surface area contributed by atoms with Crippen molar-refractivity contribution >= 4 is 5.97 Å². The number of halogens is 1. The summed E-state index contributed by atoms with van der Waals surface area (Å²) >= 11 is 0. The maximum Gasteiger partial charge on any atom is 0.311 e. The fraction of sp³-hybridized carbons (Fsp3) is 0.625. The van der Waals surface area contributed by atoms with Gasteiger partial charge < -0.3 is 5.11 Å². The summed E-state index contributed by atoms with van der Waals surface area (Å²) in [5.74, 6) is -0.737. The second-order valence-electron chi connectivity index (χ2n) is 3.62. The average Bonchev–Trinajstić information content (AvgIpc) is 2.32. The fourth-order valence-electron chi connectivity index (χ4n) is 1.05. The van der Waals surface area contributed by atoms with Gasteiger partial charge in [0.05, 0.1) is 6.54 Å². The van der Waals surface area contributed by atoms with Gasteiger partial charge >= 0.3 is 5.97 Å². The average molecular weight is 201 g/mol. The van der Waals surface area contributed by atoms with Crippen LogP contribution in [0.1, 0.15) is 19.7 Å². The van der Waals surface area contributed by atoms with E-state index in [4.69, 9.17) is 5.11 Å². The van der Waals surface area contributed by atoms with Gasteiger partial charge in [0.1, 0.15) is 24.2 Å². The molecule has 0 spiro atoms. The van der Waals surface area contributed by atoms with Gasteiger partial charge in [0, 0.05) is 0 Å². The largest absolute Gasteiger partial charge is 0.481 e. The van der Waals surface area contributed by atoms with Crippen molar-refractivity contribution in [2.45, 2.75) is 32.5 Å². The predicted molar refractivity (Wildman–Crippen MR) is 46.5 cm³/mol. The maximum absolute atomic E-state index is 13.2. The van der Waals surface area contributed by atoms with Crippen LogP contribution in [-0.2, 0) is 17.8 Å². The summed E-state index contributed by atoms with van der Waals surface area (Å²) in [6.45, 7) is 2.81. The van der Waals surface area contributed by atoms with Crippen molar-refractivity contribution in [3.8, 4) is 0 Å². The van der Waals surface area contributed by atoms with E-state index in [1.54, 1.807) is 0 Å². The highest BCUT2D eigenvalue weighted by atomic mass is 19.1. The van der Waals surface area contributed by atoms with Gasteiger partial charge in [0.2, 0.25) is 0 Å². The van der Waals surface area contributed by atoms with Crippen molar-refractivity contribution in [2.24, 2.45) is 0 Å². The van der Waals surface area contributed by atoms with E-state index in [-0.39, 0.29) is 18.8 Å². The molecule has 0 unspecified atom stereocenters. The van der Waals surface area contributed by atoms with Gasteiger partial charge in [-0.1, -0.05) is 0 Å². The molecule has 6 heteroatoms. The molecule has 0 saturated carbocycles. The van der Waals surface area contributed by atoms with Crippen molar-refractivity contribution in [2.75, 3.05) is 0 Å². The first-order chi connectivity index (χ1) is 6.38. The van der Waals surface area contributed by atoms with Crippen LogP contribution in [0.3, 0.4) is 0 Å². The van der Waals surface area contributed by atoms with Crippen LogP contribution in [0.2, 0.25) is 0 Å². The molecule has 0 aliphatic carbocycles. The Morgan fingerprint density at radius 2 is 2.36 bits per heavy atom. The van der Waals surface area contributed by atoms with Crippen LogP contribution in [0.4, 0.5) is 4.39 Å². The summed E-state index contributed by atoms with van der Waals surface area (Å²) in [7, 11) is 0. The van der Waals surface area contributed by atoms with Crippen LogP contribution in [0.5, 0.6) is 0 Å². The number of hydrogen-bond donors (Lipinski definition) is 1. The lowest BCUT2D eigenvalue weighted by Gasteiger charge is -2.14. The van der Waals surface area contributed by atoms with E-state index in [9.17, 15) is 9.18 Å². The number of rotatable bonds is 4. The molecule has 0 aromatic carbocycles. The molecule has 0 fully saturated rings. The van der Waals surface area contributed by atoms with E-state index in [0.29, 0.717) is 0 Å². The molecule has 0 aliphatic heterocycles. The fourth-order valence-corrected chi connectivity index (χ4v) is 1.05. The number of alkyl halides is 1. The minimum atomic E-state index is -1.43. The van der Waals surface area contributed by atoms with Crippen molar-refractivity contribution in [3.63, 3.8) is 0 Å². The van der Waals surface area contributed by atoms with E-state index in [1.165, 1.54) is 24.9 Å². The van der Waals surface area contributed by atoms with Crippen LogP contribution < -0.4 is 0 Å². The van der Waals surface area contributed by atoms with E-state index in [1.807, 2.05) is 0 Å². The molecule has 14 heavy (non-hydrogen) atoms. The third-order valence-electron chi connectivity index (χ3n) is 1.53. The van der Waals surface area contributed by atoms with Crippen LogP contribution in [-0.4, -0.2) is 31.5 Å². The van der Waals surface area contributed by atoms with Gasteiger partial charge in [-0.05, 0) is 13.8 Å². The SMILES string of the molecule is CC(C)(F)Cn1ncnc1CC(=O)O. The van der Waals surface area contributed by atoms with Crippen molar-refractivity contribution in [1.82, 2.24) is 14.8 Å². The lowest BCUT2D eigenvalue weighted by molar-refractivity contribution is -0.136. The van der Waals surface area contributed by atoms with Crippen molar-refractivity contribution in [1.29, 1.82) is 0 Å². The molecule has 1 aromatic heterocycles. The molecule has 0 aliphatic rings. The summed E-state index contributed by atoms with van der Waals surface area (Å²) in [5.41, 5.74) is -1.43. The molecule has 0 bridgehead atoms. The standard InChI is InChI=1S/C8H12FN3O2/c1-8(2,9)4-12-6(3-7(13)14)10-5-11-12/h5H,3-4H2,1-2H3,(H,13,14). The van der Waals surface area contributed by atoms with Crippen LogP contribution in [0.25, 0.3) is 0 Å². The van der Waals surface area contributed by atoms with Gasteiger partial charge in [0.25, 0.3) is 0 Å². The summed E-state index contributed by atoms with van der Waals surface area (Å²) in [6.07, 6.45) is 0.986. The molecular formula is C8H12FN3O2. The normalized spacial score (nSPS) is 11.6. The summed E-state index contributed by atoms with van der Waals surface area (Å²) in [4.78, 5) is 14.2. The second-order valence-corrected chi connectivity index (χ2v) is 3.62. The Morgan fingerprint density at radius 3 is 2.86 bits per heavy atom. The monoisotopic (exact) mass is 201 g/mol. The highest BCUT2D eigenvalue weighted by Gasteiger charge is 2.19. The lowest BCUT2D eigenvalue weighted by Crippen LogP contribution is -2.24. The van der Waals surface area contributed by atoms with Crippen LogP contribution in [0, 0.1) is 0 Å². The van der Waals surface area contributed by atoms with E-state index >= 15 is 0 Å². The van der Waals surface area contributed by atoms with E-state index in [0.717, 1.165) is 0 Å². The molecule has 1 rings (SSSR count). The molecule has 1 aromatic rings. The number of nitrogens with zero attached hydrogens (tertiary/aromatic N) is 3. The zero-order valence-corrected chi connectivity index (χ0v) is 8.07. The van der Waals surface area contributed by atoms with Gasteiger partial charge in [-0.2, -0.15) is 5.10 Å². The Bertz CT molecular complexity index is 330. The smallest absolute Gasteiger partial charge is 0.311 e. The molecule has 0 saturated heterocycles. The molecule has 0 radical (unpaired) electrons. The Labute approximate surface area is 80.6 Å². The Kier molecular flexibility index (Phi) is 2.83. The molecule has 1 heterocycles. The van der Waals surface area contributed by atoms with Gasteiger partial charge in [-0.15, -0.1) is 0 Å². The maximum atomic E-state index is 13.2. The third kappa shape index (κ3) is 3.12. The first kappa shape index (κ1) is 10.6. The van der Waals surface area contributed by atoms with E-state index < -0.39 is 11.6 Å². The number of aromatic nitrogens is 3. The van der Waals surface area contributed by atoms with Gasteiger partial charge in [0.15, 0.2) is 0 Å². The quantitative estimate of drug-likeness (QED) is 0.776. The molecular weight excluding hydrogens is 189 g/mol. The second kappa shape index (κ2) is 3.73. The minimum Gasteiger partial charge on any atom is -0.481 e. The number of hydrogen-bond acceptors (Lipinski definition) is 3.